The van der Waals surface area contributed by atoms with Crippen molar-refractivity contribution in [3.63, 3.8) is 0 Å². The number of likely N-dealkylation sites (tertiary alicyclic amines) is 1. The lowest BCUT2D eigenvalue weighted by Gasteiger charge is -2.30. The molecule has 0 radical (unpaired) electrons. The second-order valence-electron chi connectivity index (χ2n) is 13.7. The summed E-state index contributed by atoms with van der Waals surface area (Å²) >= 11 is 0. The molecule has 0 aromatic carbocycles. The molecule has 262 valence electrons. The molecule has 3 rings (SSSR count). The molecule has 1 aliphatic heterocycles. The zero-order valence-electron chi connectivity index (χ0n) is 28.4. The average molecular weight is 659 g/mol. The van der Waals surface area contributed by atoms with Crippen molar-refractivity contribution >= 4 is 29.6 Å². The number of ether oxygens (including phenoxy) is 1. The van der Waals surface area contributed by atoms with E-state index >= 15 is 0 Å². The summed E-state index contributed by atoms with van der Waals surface area (Å²) in [7, 11) is 1.79. The highest BCUT2D eigenvalue weighted by atomic mass is 16.6. The molecule has 1 saturated heterocycles. The minimum Gasteiger partial charge on any atom is -0.460 e. The van der Waals surface area contributed by atoms with Crippen LogP contribution in [-0.4, -0.2) is 89.1 Å². The Kier molecular flexibility index (Phi) is 15.1. The number of aliphatic hydroxyl groups is 1. The van der Waals surface area contributed by atoms with Crippen LogP contribution < -0.4 is 21.3 Å². The molecular formula is C34H54N6O7. The van der Waals surface area contributed by atoms with Gasteiger partial charge in [0.15, 0.2) is 0 Å². The molecule has 3 atom stereocenters. The fourth-order valence-electron chi connectivity index (χ4n) is 6.14. The Bertz CT molecular complexity index is 1180. The van der Waals surface area contributed by atoms with Gasteiger partial charge in [-0.15, -0.1) is 0 Å². The van der Waals surface area contributed by atoms with E-state index in [-0.39, 0.29) is 66.9 Å². The number of esters is 1. The first-order valence-electron chi connectivity index (χ1n) is 17.0. The monoisotopic (exact) mass is 658 g/mol. The lowest BCUT2D eigenvalue weighted by atomic mass is 9.86. The molecule has 13 nitrogen and oxygen atoms in total. The molecule has 0 bridgehead atoms. The van der Waals surface area contributed by atoms with Gasteiger partial charge in [-0.2, -0.15) is 0 Å². The van der Waals surface area contributed by atoms with Crippen molar-refractivity contribution in [1.82, 2.24) is 31.2 Å². The Hall–Kier alpha value is -3.58. The van der Waals surface area contributed by atoms with Crippen LogP contribution in [-0.2, 0) is 28.7 Å². The van der Waals surface area contributed by atoms with Crippen molar-refractivity contribution in [3.05, 3.63) is 30.1 Å². The Labute approximate surface area is 278 Å². The number of amides is 4. The first-order chi connectivity index (χ1) is 22.3. The predicted octanol–water partition coefficient (Wildman–Crippen LogP) is 2.10. The number of hydrogen-bond acceptors (Lipinski definition) is 9. The number of nitrogens with zero attached hydrogens (tertiary/aromatic N) is 2. The van der Waals surface area contributed by atoms with Gasteiger partial charge in [0, 0.05) is 63.8 Å². The standard InChI is InChI=1S/C34H54N6O7/c1-34(2,3)47-33(46)23-13-15-25(16-14-23)39-29(43)11-5-10-27(41)36-18-7-12-28(42)37-19-8-20-38-32(45)26-21-30(44)40(4)31(26)24-9-6-17-35-22-24/h6,9,17,22-23,25-26,30-31,44H,5,7-8,10-16,18-21H2,1-4H3,(H,36,41)(H,37,42)(H,38,45)(H,39,43)/t23-,25+,26-,30?,31+/m0/s1. The zero-order valence-corrected chi connectivity index (χ0v) is 28.4. The minimum atomic E-state index is -0.706. The van der Waals surface area contributed by atoms with E-state index < -0.39 is 17.7 Å². The van der Waals surface area contributed by atoms with Crippen LogP contribution in [0.25, 0.3) is 0 Å². The van der Waals surface area contributed by atoms with Crippen LogP contribution in [0.4, 0.5) is 0 Å². The summed E-state index contributed by atoms with van der Waals surface area (Å²) in [5, 5.41) is 21.9. The van der Waals surface area contributed by atoms with Crippen molar-refractivity contribution < 1.29 is 33.8 Å². The van der Waals surface area contributed by atoms with Gasteiger partial charge < -0.3 is 31.1 Å². The average Bonchev–Trinajstić information content (AvgIpc) is 3.32. The maximum absolute atomic E-state index is 12.9. The maximum atomic E-state index is 12.9. The first-order valence-corrected chi connectivity index (χ1v) is 17.0. The van der Waals surface area contributed by atoms with Gasteiger partial charge >= 0.3 is 5.97 Å². The van der Waals surface area contributed by atoms with Gasteiger partial charge in [-0.1, -0.05) is 6.07 Å². The fourth-order valence-corrected chi connectivity index (χ4v) is 6.14. The van der Waals surface area contributed by atoms with Gasteiger partial charge in [-0.05, 0) is 84.4 Å². The first kappa shape index (κ1) is 37.9. The van der Waals surface area contributed by atoms with Gasteiger partial charge in [0.05, 0.1) is 17.9 Å². The Morgan fingerprint density at radius 1 is 0.894 bits per heavy atom. The van der Waals surface area contributed by atoms with E-state index in [9.17, 15) is 29.1 Å². The van der Waals surface area contributed by atoms with Crippen molar-refractivity contribution in [2.24, 2.45) is 11.8 Å². The fraction of sp³-hybridized carbons (Fsp3) is 0.706. The molecule has 1 saturated carbocycles. The highest BCUT2D eigenvalue weighted by Crippen LogP contribution is 2.38. The number of carbonyl (C=O) groups excluding carboxylic acids is 5. The Morgan fingerprint density at radius 3 is 2.15 bits per heavy atom. The molecule has 2 heterocycles. The lowest BCUT2D eigenvalue weighted by molar-refractivity contribution is -0.161. The highest BCUT2D eigenvalue weighted by molar-refractivity contribution is 5.80. The van der Waals surface area contributed by atoms with E-state index in [0.717, 1.165) is 18.4 Å². The third kappa shape index (κ3) is 13.2. The quantitative estimate of drug-likeness (QED) is 0.131. The third-order valence-corrected chi connectivity index (χ3v) is 8.64. The normalized spacial score (nSPS) is 23.0. The summed E-state index contributed by atoms with van der Waals surface area (Å²) in [4.78, 5) is 67.7. The van der Waals surface area contributed by atoms with E-state index in [1.54, 1.807) is 24.3 Å². The summed E-state index contributed by atoms with van der Waals surface area (Å²) in [6.07, 6.45) is 8.12. The minimum absolute atomic E-state index is 0.0414. The van der Waals surface area contributed by atoms with Crippen LogP contribution >= 0.6 is 0 Å². The van der Waals surface area contributed by atoms with Crippen molar-refractivity contribution in [1.29, 1.82) is 0 Å². The third-order valence-electron chi connectivity index (χ3n) is 8.64. The van der Waals surface area contributed by atoms with E-state index in [1.165, 1.54) is 0 Å². The molecule has 1 unspecified atom stereocenters. The van der Waals surface area contributed by atoms with Crippen LogP contribution in [0.15, 0.2) is 24.5 Å². The van der Waals surface area contributed by atoms with Crippen LogP contribution in [0.5, 0.6) is 0 Å². The molecular weight excluding hydrogens is 604 g/mol. The van der Waals surface area contributed by atoms with E-state index in [4.69, 9.17) is 4.74 Å². The molecule has 47 heavy (non-hydrogen) atoms. The molecule has 2 fully saturated rings. The van der Waals surface area contributed by atoms with Crippen molar-refractivity contribution in [2.75, 3.05) is 26.7 Å². The number of hydrogen-bond donors (Lipinski definition) is 5. The summed E-state index contributed by atoms with van der Waals surface area (Å²) in [6, 6.07) is 3.50. The summed E-state index contributed by atoms with van der Waals surface area (Å²) in [5.41, 5.74) is 0.379. The Morgan fingerprint density at radius 2 is 1.51 bits per heavy atom. The molecule has 4 amide bonds. The van der Waals surface area contributed by atoms with E-state index in [1.807, 2.05) is 32.9 Å². The van der Waals surface area contributed by atoms with Gasteiger partial charge in [0.1, 0.15) is 11.8 Å². The number of rotatable bonds is 16. The number of nitrogens with one attached hydrogen (secondary N) is 4. The second-order valence-corrected chi connectivity index (χ2v) is 13.7. The molecule has 2 aliphatic rings. The van der Waals surface area contributed by atoms with Crippen molar-refractivity contribution in [2.45, 2.75) is 115 Å². The zero-order chi connectivity index (χ0) is 34.4. The molecule has 1 aromatic heterocycles. The summed E-state index contributed by atoms with van der Waals surface area (Å²) in [6.45, 7) is 6.76. The smallest absolute Gasteiger partial charge is 0.309 e. The molecule has 1 aromatic rings. The number of carbonyl (C=O) groups is 5. The molecule has 13 heteroatoms. The van der Waals surface area contributed by atoms with Crippen molar-refractivity contribution in [3.8, 4) is 0 Å². The van der Waals surface area contributed by atoms with Crippen LogP contribution in [0, 0.1) is 11.8 Å². The highest BCUT2D eigenvalue weighted by Gasteiger charge is 2.43. The van der Waals surface area contributed by atoms with E-state index in [2.05, 4.69) is 26.3 Å². The maximum Gasteiger partial charge on any atom is 0.309 e. The van der Waals surface area contributed by atoms with Gasteiger partial charge in [0.2, 0.25) is 23.6 Å². The number of aliphatic hydroxyl groups excluding tert-OH is 1. The molecule has 1 aliphatic carbocycles. The second kappa shape index (κ2) is 18.7. The largest absolute Gasteiger partial charge is 0.460 e. The molecule has 0 spiro atoms. The van der Waals surface area contributed by atoms with Gasteiger partial charge in [-0.3, -0.25) is 33.9 Å². The Balaban J connectivity index is 1.17. The SMILES string of the molecule is CN1C(O)C[C@H](C(=O)NCCCNC(=O)CCCNC(=O)CCCC(=O)N[C@H]2CC[C@@H](C(=O)OC(C)(C)C)CC2)[C@H]1c1cccnc1. The van der Waals surface area contributed by atoms with E-state index in [0.29, 0.717) is 58.2 Å². The summed E-state index contributed by atoms with van der Waals surface area (Å²) in [5.74, 6) is -1.19. The topological polar surface area (TPSA) is 179 Å². The van der Waals surface area contributed by atoms with Gasteiger partial charge in [-0.25, -0.2) is 0 Å². The van der Waals surface area contributed by atoms with Crippen LogP contribution in [0.3, 0.4) is 0 Å². The van der Waals surface area contributed by atoms with Crippen LogP contribution in [0.1, 0.15) is 103 Å². The number of aromatic nitrogens is 1. The summed E-state index contributed by atoms with van der Waals surface area (Å²) < 4.78 is 5.47. The predicted molar refractivity (Wildman–Crippen MR) is 175 cm³/mol. The number of pyridine rings is 1. The van der Waals surface area contributed by atoms with Gasteiger partial charge in [0.25, 0.3) is 0 Å². The molecule has 5 N–H and O–H groups in total. The van der Waals surface area contributed by atoms with Crippen LogP contribution in [0.2, 0.25) is 0 Å². The lowest BCUT2D eigenvalue weighted by Crippen LogP contribution is -2.39.